The Morgan fingerprint density at radius 1 is 0.239 bits per heavy atom. The van der Waals surface area contributed by atoms with Gasteiger partial charge >= 0.3 is 0 Å². The molecule has 16 rings (SSSR count). The van der Waals surface area contributed by atoms with Crippen LogP contribution in [-0.2, 0) is 16.2 Å². The summed E-state index contributed by atoms with van der Waals surface area (Å²) in [4.78, 5) is 32.0. The van der Waals surface area contributed by atoms with Crippen LogP contribution in [0.5, 0.6) is 0 Å². The van der Waals surface area contributed by atoms with Gasteiger partial charge in [0.25, 0.3) is 0 Å². The third kappa shape index (κ3) is 8.65. The fourth-order valence-corrected chi connectivity index (χ4v) is 13.3. The van der Waals surface area contributed by atoms with Crippen LogP contribution in [0.25, 0.3) is 150 Å². The predicted octanol–water partition coefficient (Wildman–Crippen LogP) is 20.3. The van der Waals surface area contributed by atoms with E-state index in [1.807, 2.05) is 0 Å². The van der Waals surface area contributed by atoms with Crippen molar-refractivity contribution < 1.29 is 0 Å². The molecule has 0 fully saturated rings. The van der Waals surface area contributed by atoms with E-state index < -0.39 is 0 Å². The van der Waals surface area contributed by atoms with Crippen LogP contribution in [0, 0.1) is 0 Å². The Morgan fingerprint density at radius 3 is 0.739 bits per heavy atom. The number of rotatable bonds is 6. The Hall–Kier alpha value is -10.4. The maximum Gasteiger partial charge on any atom is 0.148 e. The van der Waals surface area contributed by atoms with E-state index in [0.717, 1.165) is 167 Å². The van der Waals surface area contributed by atoms with E-state index >= 15 is 0 Å². The topological polar surface area (TPSA) is 90.6 Å². The Balaban J connectivity index is 0.00000650. The quantitative estimate of drug-likeness (QED) is 0.165. The SMILES string of the molecule is C.CC(C)(C)c1nc2ccccc2c2nc3cc(-c4ccccc4-c4cc(-c5ccccc5-c5ccc6c(c5)nc5c7ccccc7nc(C(C)(C)C)n65)cc(-c5ccccc5-c5ccc6c(c5)nc5c7ccccc7nc(C(C)(C)C)n65)c4)ccc3n12. The lowest BCUT2D eigenvalue weighted by molar-refractivity contribution is 0.542. The summed E-state index contributed by atoms with van der Waals surface area (Å²) in [5, 5.41) is 3.10. The van der Waals surface area contributed by atoms with Crippen LogP contribution in [-0.4, -0.2) is 43.1 Å². The molecule has 9 nitrogen and oxygen atoms in total. The highest BCUT2D eigenvalue weighted by atomic mass is 15.1. The van der Waals surface area contributed by atoms with Gasteiger partial charge in [-0.1, -0.05) is 197 Å². The Bertz CT molecular complexity index is 4980. The summed E-state index contributed by atoms with van der Waals surface area (Å²) in [6.45, 7) is 20.0. The number of para-hydroxylation sites is 3. The van der Waals surface area contributed by atoms with E-state index in [2.05, 4.69) is 294 Å². The van der Waals surface area contributed by atoms with Gasteiger partial charge in [0.15, 0.2) is 0 Å². The first-order valence-corrected chi connectivity index (χ1v) is 30.1. The van der Waals surface area contributed by atoms with Crippen LogP contribution in [0.3, 0.4) is 0 Å². The molecular formula is C79H67N9. The zero-order chi connectivity index (χ0) is 59.3. The van der Waals surface area contributed by atoms with Crippen LogP contribution in [0.15, 0.2) is 218 Å². The summed E-state index contributed by atoms with van der Waals surface area (Å²) in [6.07, 6.45) is 0. The van der Waals surface area contributed by atoms with Crippen LogP contribution in [0.2, 0.25) is 0 Å². The second kappa shape index (κ2) is 19.8. The average molecular weight is 1140 g/mol. The smallest absolute Gasteiger partial charge is 0.148 e. The second-order valence-corrected chi connectivity index (χ2v) is 26.5. The predicted molar refractivity (Wildman–Crippen MR) is 367 cm³/mol. The van der Waals surface area contributed by atoms with Gasteiger partial charge in [-0.15, -0.1) is 0 Å². The van der Waals surface area contributed by atoms with Gasteiger partial charge in [0.05, 0.1) is 49.7 Å². The minimum atomic E-state index is -0.227. The summed E-state index contributed by atoms with van der Waals surface area (Å²) in [5.41, 5.74) is 24.0. The van der Waals surface area contributed by atoms with Gasteiger partial charge in [-0.3, -0.25) is 13.2 Å². The molecule has 0 N–H and O–H groups in total. The Kier molecular flexibility index (Phi) is 12.2. The summed E-state index contributed by atoms with van der Waals surface area (Å²) < 4.78 is 6.80. The molecule has 0 atom stereocenters. The number of fused-ring (bicyclic) bond motifs is 15. The minimum Gasteiger partial charge on any atom is -0.279 e. The maximum absolute atomic E-state index is 5.41. The monoisotopic (exact) mass is 1140 g/mol. The van der Waals surface area contributed by atoms with Crippen LogP contribution in [0.1, 0.15) is 87.2 Å². The maximum atomic E-state index is 5.41. The van der Waals surface area contributed by atoms with Crippen molar-refractivity contribution in [3.8, 4) is 66.8 Å². The molecule has 0 aliphatic heterocycles. The Morgan fingerprint density at radius 2 is 0.477 bits per heavy atom. The molecule has 88 heavy (non-hydrogen) atoms. The molecule has 0 aliphatic rings. The highest BCUT2D eigenvalue weighted by Gasteiger charge is 2.28. The first-order chi connectivity index (χ1) is 42.0. The molecule has 0 amide bonds. The second-order valence-electron chi connectivity index (χ2n) is 26.5. The van der Waals surface area contributed by atoms with E-state index in [0.29, 0.717) is 0 Å². The van der Waals surface area contributed by atoms with E-state index in [4.69, 9.17) is 29.9 Å². The largest absolute Gasteiger partial charge is 0.279 e. The highest BCUT2D eigenvalue weighted by Crippen LogP contribution is 2.45. The third-order valence-corrected chi connectivity index (χ3v) is 17.3. The number of benzene rings is 10. The molecule has 6 aromatic heterocycles. The molecule has 0 unspecified atom stereocenters. The molecule has 9 heteroatoms. The molecule has 16 aromatic rings. The number of imidazole rings is 3. The lowest BCUT2D eigenvalue weighted by Crippen LogP contribution is -2.19. The van der Waals surface area contributed by atoms with Crippen molar-refractivity contribution in [1.29, 1.82) is 0 Å². The Labute approximate surface area is 511 Å². The molecule has 6 heterocycles. The summed E-state index contributed by atoms with van der Waals surface area (Å²) in [5.74, 6) is 2.94. The summed E-state index contributed by atoms with van der Waals surface area (Å²) in [6, 6.07) is 78.9. The molecule has 0 radical (unpaired) electrons. The van der Waals surface area contributed by atoms with E-state index in [1.54, 1.807) is 0 Å². The normalized spacial score (nSPS) is 12.5. The molecule has 0 spiro atoms. The minimum absolute atomic E-state index is 0. The van der Waals surface area contributed by atoms with Crippen LogP contribution >= 0.6 is 0 Å². The molecule has 0 saturated heterocycles. The third-order valence-electron chi connectivity index (χ3n) is 17.3. The van der Waals surface area contributed by atoms with E-state index in [1.165, 1.54) is 0 Å². The fraction of sp³-hybridized carbons (Fsp3) is 0.165. The molecule has 10 aromatic carbocycles. The van der Waals surface area contributed by atoms with Gasteiger partial charge in [0.1, 0.15) is 34.4 Å². The van der Waals surface area contributed by atoms with E-state index in [9.17, 15) is 0 Å². The van der Waals surface area contributed by atoms with Crippen LogP contribution < -0.4 is 0 Å². The number of aromatic nitrogens is 9. The average Bonchev–Trinajstić information content (AvgIpc) is 1.71. The zero-order valence-corrected chi connectivity index (χ0v) is 50.3. The number of hydrogen-bond donors (Lipinski definition) is 0. The zero-order valence-electron chi connectivity index (χ0n) is 50.3. The summed E-state index contributed by atoms with van der Waals surface area (Å²) >= 11 is 0. The van der Waals surface area contributed by atoms with Gasteiger partial charge in [-0.05, 0) is 158 Å². The van der Waals surface area contributed by atoms with Crippen molar-refractivity contribution in [2.24, 2.45) is 0 Å². The molecular weight excluding hydrogens is 1070 g/mol. The lowest BCUT2D eigenvalue weighted by Gasteiger charge is -2.21. The highest BCUT2D eigenvalue weighted by molar-refractivity contribution is 6.03. The van der Waals surface area contributed by atoms with Crippen molar-refractivity contribution in [3.05, 3.63) is 236 Å². The van der Waals surface area contributed by atoms with Gasteiger partial charge in [0, 0.05) is 32.4 Å². The summed E-state index contributed by atoms with van der Waals surface area (Å²) in [7, 11) is 0. The first-order valence-electron chi connectivity index (χ1n) is 30.1. The van der Waals surface area contributed by atoms with Crippen LogP contribution in [0.4, 0.5) is 0 Å². The van der Waals surface area contributed by atoms with Crippen molar-refractivity contribution in [2.75, 3.05) is 0 Å². The lowest BCUT2D eigenvalue weighted by atomic mass is 9.86. The standard InChI is InChI=1S/C78H63N9.CH4/c1-76(2,3)73-82-61-31-19-16-28-58(61)70-79-64-43-46(34-37-67(64)85(70)73)52-22-10-13-25-55(52)49-40-50(56-26-14-11-23-53(56)47-35-38-68-65(44-47)80-71-59-29-17-20-32-62(59)83-74(86(68)71)77(4,5)6)42-51(41-49)57-27-15-12-24-54(57)48-36-39-69-66(45-48)81-72-60-30-18-21-33-63(60)84-75(87(69)72)78(7,8)9;/h10-45H,1-9H3;1H4. The molecule has 0 bridgehead atoms. The number of hydrogen-bond acceptors (Lipinski definition) is 6. The van der Waals surface area contributed by atoms with Crippen molar-refractivity contribution in [2.45, 2.75) is 86.0 Å². The molecule has 428 valence electrons. The van der Waals surface area contributed by atoms with E-state index in [-0.39, 0.29) is 23.7 Å². The first kappa shape index (κ1) is 54.3. The van der Waals surface area contributed by atoms with Gasteiger partial charge in [0.2, 0.25) is 0 Å². The van der Waals surface area contributed by atoms with Crippen molar-refractivity contribution >= 4 is 82.8 Å². The van der Waals surface area contributed by atoms with Crippen molar-refractivity contribution in [1.82, 2.24) is 43.1 Å². The fourth-order valence-electron chi connectivity index (χ4n) is 13.3. The number of nitrogens with zero attached hydrogens (tertiary/aromatic N) is 9. The van der Waals surface area contributed by atoms with Gasteiger partial charge in [-0.2, -0.15) is 0 Å². The van der Waals surface area contributed by atoms with Crippen molar-refractivity contribution in [3.63, 3.8) is 0 Å². The molecule has 0 aliphatic carbocycles. The van der Waals surface area contributed by atoms with Gasteiger partial charge in [-0.25, -0.2) is 29.9 Å². The molecule has 0 saturated carbocycles. The van der Waals surface area contributed by atoms with Gasteiger partial charge < -0.3 is 0 Å².